The van der Waals surface area contributed by atoms with Crippen molar-refractivity contribution in [3.8, 4) is 11.3 Å². The Morgan fingerprint density at radius 2 is 2.22 bits per heavy atom. The normalized spacial score (nSPS) is 12.7. The van der Waals surface area contributed by atoms with Crippen molar-refractivity contribution >= 4 is 11.6 Å². The SMILES string of the molecule is CCC(N)Cc1cc(-c2ccc(F)cc2Cl)n[nH]1. The maximum atomic E-state index is 13.0. The summed E-state index contributed by atoms with van der Waals surface area (Å²) >= 11 is 5.99. The van der Waals surface area contributed by atoms with Crippen LogP contribution in [0.5, 0.6) is 0 Å². The number of rotatable bonds is 4. The molecule has 0 amide bonds. The second-order valence-corrected chi connectivity index (χ2v) is 4.68. The van der Waals surface area contributed by atoms with Gasteiger partial charge in [0.15, 0.2) is 0 Å². The zero-order valence-electron chi connectivity index (χ0n) is 10.1. The van der Waals surface area contributed by atoms with Gasteiger partial charge in [0.25, 0.3) is 0 Å². The van der Waals surface area contributed by atoms with E-state index in [1.807, 2.05) is 13.0 Å². The van der Waals surface area contributed by atoms with Gasteiger partial charge in [-0.25, -0.2) is 4.39 Å². The highest BCUT2D eigenvalue weighted by atomic mass is 35.5. The van der Waals surface area contributed by atoms with E-state index in [2.05, 4.69) is 10.2 Å². The molecule has 0 spiro atoms. The number of nitrogens with one attached hydrogen (secondary N) is 1. The van der Waals surface area contributed by atoms with Crippen molar-refractivity contribution in [3.05, 3.63) is 40.8 Å². The lowest BCUT2D eigenvalue weighted by atomic mass is 10.1. The quantitative estimate of drug-likeness (QED) is 0.894. The summed E-state index contributed by atoms with van der Waals surface area (Å²) < 4.78 is 13.0. The Balaban J connectivity index is 2.24. The number of hydrogen-bond donors (Lipinski definition) is 2. The Labute approximate surface area is 110 Å². The lowest BCUT2D eigenvalue weighted by Crippen LogP contribution is -2.21. The zero-order valence-corrected chi connectivity index (χ0v) is 10.8. The first-order chi connectivity index (χ1) is 8.60. The summed E-state index contributed by atoms with van der Waals surface area (Å²) in [6.07, 6.45) is 1.65. The molecule has 0 fully saturated rings. The Kier molecular flexibility index (Phi) is 3.99. The van der Waals surface area contributed by atoms with Gasteiger partial charge in [-0.3, -0.25) is 5.10 Å². The van der Waals surface area contributed by atoms with Crippen molar-refractivity contribution in [2.45, 2.75) is 25.8 Å². The summed E-state index contributed by atoms with van der Waals surface area (Å²) in [5.41, 5.74) is 8.26. The van der Waals surface area contributed by atoms with Gasteiger partial charge >= 0.3 is 0 Å². The number of halogens is 2. The first kappa shape index (κ1) is 13.1. The second kappa shape index (κ2) is 5.50. The van der Waals surface area contributed by atoms with E-state index in [0.717, 1.165) is 18.5 Å². The molecule has 96 valence electrons. The summed E-state index contributed by atoms with van der Waals surface area (Å²) in [4.78, 5) is 0. The fourth-order valence-corrected chi connectivity index (χ4v) is 1.99. The number of hydrogen-bond acceptors (Lipinski definition) is 2. The fraction of sp³-hybridized carbons (Fsp3) is 0.308. The van der Waals surface area contributed by atoms with Crippen LogP contribution >= 0.6 is 11.6 Å². The molecule has 1 heterocycles. The number of H-pyrrole nitrogens is 1. The Morgan fingerprint density at radius 1 is 1.44 bits per heavy atom. The van der Waals surface area contributed by atoms with Crippen molar-refractivity contribution < 1.29 is 4.39 Å². The number of aromatic amines is 1. The third-order valence-corrected chi connectivity index (χ3v) is 3.16. The first-order valence-corrected chi connectivity index (χ1v) is 6.23. The predicted molar refractivity (Wildman–Crippen MR) is 71.0 cm³/mol. The minimum Gasteiger partial charge on any atom is -0.327 e. The molecule has 18 heavy (non-hydrogen) atoms. The third kappa shape index (κ3) is 2.89. The van der Waals surface area contributed by atoms with E-state index >= 15 is 0 Å². The highest BCUT2D eigenvalue weighted by Crippen LogP contribution is 2.27. The lowest BCUT2D eigenvalue weighted by molar-refractivity contribution is 0.628. The van der Waals surface area contributed by atoms with E-state index in [0.29, 0.717) is 16.3 Å². The average Bonchev–Trinajstić information content (AvgIpc) is 2.77. The van der Waals surface area contributed by atoms with Gasteiger partial charge in [0, 0.05) is 23.7 Å². The van der Waals surface area contributed by atoms with Gasteiger partial charge < -0.3 is 5.73 Å². The van der Waals surface area contributed by atoms with Crippen LogP contribution in [0.2, 0.25) is 5.02 Å². The summed E-state index contributed by atoms with van der Waals surface area (Å²) in [6, 6.07) is 6.28. The van der Waals surface area contributed by atoms with Crippen LogP contribution in [-0.2, 0) is 6.42 Å². The van der Waals surface area contributed by atoms with Gasteiger partial charge in [0.1, 0.15) is 5.82 Å². The molecule has 2 rings (SSSR count). The third-order valence-electron chi connectivity index (χ3n) is 2.84. The van der Waals surface area contributed by atoms with Crippen LogP contribution in [0.3, 0.4) is 0 Å². The molecule has 0 aliphatic heterocycles. The van der Waals surface area contributed by atoms with Crippen molar-refractivity contribution in [1.82, 2.24) is 10.2 Å². The molecule has 0 aliphatic rings. The minimum absolute atomic E-state index is 0.113. The van der Waals surface area contributed by atoms with E-state index in [4.69, 9.17) is 17.3 Å². The van der Waals surface area contributed by atoms with E-state index < -0.39 is 0 Å². The molecule has 1 atom stereocenters. The maximum absolute atomic E-state index is 13.0. The summed E-state index contributed by atoms with van der Waals surface area (Å²) in [7, 11) is 0. The average molecular weight is 268 g/mol. The number of benzene rings is 1. The minimum atomic E-state index is -0.354. The van der Waals surface area contributed by atoms with Gasteiger partial charge in [-0.05, 0) is 30.7 Å². The summed E-state index contributed by atoms with van der Waals surface area (Å²) in [5, 5.41) is 7.46. The van der Waals surface area contributed by atoms with Crippen LogP contribution in [0.1, 0.15) is 19.0 Å². The molecule has 0 bridgehead atoms. The monoisotopic (exact) mass is 267 g/mol. The summed E-state index contributed by atoms with van der Waals surface area (Å²) in [6.45, 7) is 2.04. The van der Waals surface area contributed by atoms with Gasteiger partial charge in [-0.15, -0.1) is 0 Å². The zero-order chi connectivity index (χ0) is 13.1. The van der Waals surface area contributed by atoms with E-state index in [9.17, 15) is 4.39 Å². The highest BCUT2D eigenvalue weighted by molar-refractivity contribution is 6.33. The molecule has 2 aromatic rings. The molecule has 0 saturated heterocycles. The largest absolute Gasteiger partial charge is 0.327 e. The van der Waals surface area contributed by atoms with E-state index in [-0.39, 0.29) is 11.9 Å². The molecule has 3 N–H and O–H groups in total. The Bertz CT molecular complexity index is 539. The highest BCUT2D eigenvalue weighted by Gasteiger charge is 2.10. The number of aromatic nitrogens is 2. The van der Waals surface area contributed by atoms with E-state index in [1.54, 1.807) is 6.07 Å². The van der Waals surface area contributed by atoms with Gasteiger partial charge in [-0.2, -0.15) is 5.10 Å². The molecule has 5 heteroatoms. The van der Waals surface area contributed by atoms with Crippen LogP contribution < -0.4 is 5.73 Å². The van der Waals surface area contributed by atoms with Gasteiger partial charge in [0.2, 0.25) is 0 Å². The Hall–Kier alpha value is -1.39. The summed E-state index contributed by atoms with van der Waals surface area (Å²) in [5.74, 6) is -0.354. The van der Waals surface area contributed by atoms with Gasteiger partial charge in [-0.1, -0.05) is 18.5 Å². The maximum Gasteiger partial charge on any atom is 0.124 e. The van der Waals surface area contributed by atoms with E-state index in [1.165, 1.54) is 12.1 Å². The van der Waals surface area contributed by atoms with Crippen LogP contribution in [0, 0.1) is 5.82 Å². The molecular weight excluding hydrogens is 253 g/mol. The van der Waals surface area contributed by atoms with Crippen LogP contribution in [-0.4, -0.2) is 16.2 Å². The molecule has 1 aromatic carbocycles. The number of nitrogens with zero attached hydrogens (tertiary/aromatic N) is 1. The smallest absolute Gasteiger partial charge is 0.124 e. The Morgan fingerprint density at radius 3 is 2.89 bits per heavy atom. The molecule has 0 aliphatic carbocycles. The fourth-order valence-electron chi connectivity index (χ4n) is 1.73. The topological polar surface area (TPSA) is 54.7 Å². The standard InChI is InChI=1S/C13H15ClFN3/c1-2-9(16)6-10-7-13(18-17-10)11-4-3-8(15)5-12(11)14/h3-5,7,9H,2,6,16H2,1H3,(H,17,18). The molecule has 1 aromatic heterocycles. The molecular formula is C13H15ClFN3. The van der Waals surface area contributed by atoms with Crippen molar-refractivity contribution in [2.24, 2.45) is 5.73 Å². The van der Waals surface area contributed by atoms with Crippen LogP contribution in [0.25, 0.3) is 11.3 Å². The molecule has 0 saturated carbocycles. The molecule has 1 unspecified atom stereocenters. The first-order valence-electron chi connectivity index (χ1n) is 5.85. The molecule has 0 radical (unpaired) electrons. The number of nitrogens with two attached hydrogens (primary N) is 1. The van der Waals surface area contributed by atoms with Crippen molar-refractivity contribution in [1.29, 1.82) is 0 Å². The second-order valence-electron chi connectivity index (χ2n) is 4.28. The van der Waals surface area contributed by atoms with Crippen LogP contribution in [0.4, 0.5) is 4.39 Å². The van der Waals surface area contributed by atoms with Gasteiger partial charge in [0.05, 0.1) is 10.7 Å². The lowest BCUT2D eigenvalue weighted by Gasteiger charge is -2.04. The predicted octanol–water partition coefficient (Wildman–Crippen LogP) is 3.15. The van der Waals surface area contributed by atoms with Crippen LogP contribution in [0.15, 0.2) is 24.3 Å². The molecule has 3 nitrogen and oxygen atoms in total. The van der Waals surface area contributed by atoms with Crippen molar-refractivity contribution in [2.75, 3.05) is 0 Å². The van der Waals surface area contributed by atoms with Crippen molar-refractivity contribution in [3.63, 3.8) is 0 Å².